The Bertz CT molecular complexity index is 191. The lowest BCUT2D eigenvalue weighted by Gasteiger charge is -2.34. The fourth-order valence-electron chi connectivity index (χ4n) is 1.79. The number of nitrogens with one attached hydrogen (secondary N) is 1. The Morgan fingerprint density at radius 1 is 1.43 bits per heavy atom. The summed E-state index contributed by atoms with van der Waals surface area (Å²) in [6.45, 7) is 5.38. The number of hydrogen-bond acceptors (Lipinski definition) is 3. The molecule has 0 atom stereocenters. The highest BCUT2D eigenvalue weighted by Crippen LogP contribution is 2.34. The van der Waals surface area contributed by atoms with Gasteiger partial charge in [0.05, 0.1) is 0 Å². The van der Waals surface area contributed by atoms with E-state index in [2.05, 4.69) is 5.43 Å². The molecule has 1 rings (SSSR count). The highest BCUT2D eigenvalue weighted by molar-refractivity contribution is 5.85. The summed E-state index contributed by atoms with van der Waals surface area (Å²) in [7, 11) is 0. The SMILES string of the molecule is CC(C)(C(=O)NN)C1CCOCC1.Cl. The molecule has 0 radical (unpaired) electrons. The third-order valence-corrected chi connectivity index (χ3v) is 2.96. The zero-order chi connectivity index (χ0) is 9.90. The zero-order valence-corrected chi connectivity index (χ0v) is 9.52. The molecule has 84 valence electrons. The van der Waals surface area contributed by atoms with E-state index in [0.29, 0.717) is 5.92 Å². The first-order valence-electron chi connectivity index (χ1n) is 4.68. The van der Waals surface area contributed by atoms with Gasteiger partial charge in [0.15, 0.2) is 0 Å². The fraction of sp³-hybridized carbons (Fsp3) is 0.889. The van der Waals surface area contributed by atoms with Crippen LogP contribution in [0, 0.1) is 11.3 Å². The predicted octanol–water partition coefficient (Wildman–Crippen LogP) is 0.851. The van der Waals surface area contributed by atoms with Gasteiger partial charge in [-0.05, 0) is 18.8 Å². The third kappa shape index (κ3) is 2.83. The van der Waals surface area contributed by atoms with Crippen LogP contribution in [0.3, 0.4) is 0 Å². The van der Waals surface area contributed by atoms with Crippen LogP contribution in [0.2, 0.25) is 0 Å². The second kappa shape index (κ2) is 5.53. The molecule has 0 aromatic heterocycles. The maximum absolute atomic E-state index is 11.5. The van der Waals surface area contributed by atoms with Gasteiger partial charge in [-0.15, -0.1) is 12.4 Å². The van der Waals surface area contributed by atoms with E-state index in [1.807, 2.05) is 13.8 Å². The van der Waals surface area contributed by atoms with Crippen LogP contribution in [0.5, 0.6) is 0 Å². The molecule has 0 spiro atoms. The Balaban J connectivity index is 0.00000169. The number of nitrogens with two attached hydrogens (primary N) is 1. The van der Waals surface area contributed by atoms with Crippen LogP contribution < -0.4 is 11.3 Å². The van der Waals surface area contributed by atoms with Crippen LogP contribution in [0.1, 0.15) is 26.7 Å². The van der Waals surface area contributed by atoms with Crippen LogP contribution in [0.25, 0.3) is 0 Å². The molecule has 1 amide bonds. The molecule has 1 fully saturated rings. The summed E-state index contributed by atoms with van der Waals surface area (Å²) in [6, 6.07) is 0. The summed E-state index contributed by atoms with van der Waals surface area (Å²) < 4.78 is 5.25. The maximum Gasteiger partial charge on any atom is 0.239 e. The standard InChI is InChI=1S/C9H18N2O2.ClH/c1-9(2,8(12)11-10)7-3-5-13-6-4-7;/h7H,3-6,10H2,1-2H3,(H,11,12);1H. The number of ether oxygens (including phenoxy) is 1. The van der Waals surface area contributed by atoms with Crippen LogP contribution in [0.15, 0.2) is 0 Å². The molecule has 0 aromatic rings. The normalized spacial score (nSPS) is 18.5. The van der Waals surface area contributed by atoms with Crippen LogP contribution in [0.4, 0.5) is 0 Å². The number of amides is 1. The van der Waals surface area contributed by atoms with E-state index in [-0.39, 0.29) is 23.7 Å². The predicted molar refractivity (Wildman–Crippen MR) is 56.9 cm³/mol. The molecule has 4 nitrogen and oxygen atoms in total. The summed E-state index contributed by atoms with van der Waals surface area (Å²) in [5.41, 5.74) is 1.85. The minimum absolute atomic E-state index is 0. The quantitative estimate of drug-likeness (QED) is 0.414. The van der Waals surface area contributed by atoms with Gasteiger partial charge in [0.25, 0.3) is 0 Å². The lowest BCUT2D eigenvalue weighted by Crippen LogP contribution is -2.46. The second-order valence-electron chi connectivity index (χ2n) is 4.08. The van der Waals surface area contributed by atoms with Crippen molar-refractivity contribution in [3.8, 4) is 0 Å². The topological polar surface area (TPSA) is 64.4 Å². The van der Waals surface area contributed by atoms with Gasteiger partial charge in [0, 0.05) is 18.6 Å². The van der Waals surface area contributed by atoms with E-state index in [1.54, 1.807) is 0 Å². The number of carbonyl (C=O) groups is 1. The minimum Gasteiger partial charge on any atom is -0.381 e. The Hall–Kier alpha value is -0.320. The van der Waals surface area contributed by atoms with Gasteiger partial charge in [-0.1, -0.05) is 13.8 Å². The van der Waals surface area contributed by atoms with Crippen LogP contribution in [-0.2, 0) is 9.53 Å². The molecular weight excluding hydrogens is 204 g/mol. The van der Waals surface area contributed by atoms with Crippen LogP contribution in [-0.4, -0.2) is 19.1 Å². The van der Waals surface area contributed by atoms with Crippen molar-refractivity contribution >= 4 is 18.3 Å². The first-order chi connectivity index (χ1) is 6.09. The van der Waals surface area contributed by atoms with Crippen molar-refractivity contribution in [3.05, 3.63) is 0 Å². The van der Waals surface area contributed by atoms with Crippen molar-refractivity contribution in [1.29, 1.82) is 0 Å². The molecule has 0 bridgehead atoms. The zero-order valence-electron chi connectivity index (χ0n) is 8.71. The fourth-order valence-corrected chi connectivity index (χ4v) is 1.79. The molecule has 0 aliphatic carbocycles. The van der Waals surface area contributed by atoms with Gasteiger partial charge in [0.2, 0.25) is 5.91 Å². The van der Waals surface area contributed by atoms with Gasteiger partial charge in [-0.3, -0.25) is 10.2 Å². The summed E-state index contributed by atoms with van der Waals surface area (Å²) in [6.07, 6.45) is 1.89. The molecule has 1 heterocycles. The number of hydrazine groups is 1. The highest BCUT2D eigenvalue weighted by Gasteiger charge is 2.36. The van der Waals surface area contributed by atoms with Gasteiger partial charge in [-0.25, -0.2) is 5.84 Å². The monoisotopic (exact) mass is 222 g/mol. The Kier molecular flexibility index (Phi) is 5.41. The Morgan fingerprint density at radius 2 is 1.93 bits per heavy atom. The van der Waals surface area contributed by atoms with Crippen molar-refractivity contribution in [1.82, 2.24) is 5.43 Å². The first kappa shape index (κ1) is 13.7. The van der Waals surface area contributed by atoms with E-state index in [9.17, 15) is 4.79 Å². The summed E-state index contributed by atoms with van der Waals surface area (Å²) in [4.78, 5) is 11.5. The summed E-state index contributed by atoms with van der Waals surface area (Å²) in [5, 5.41) is 0. The molecule has 0 saturated carbocycles. The Labute approximate surface area is 90.9 Å². The molecule has 14 heavy (non-hydrogen) atoms. The lowest BCUT2D eigenvalue weighted by atomic mass is 9.74. The van der Waals surface area contributed by atoms with E-state index in [4.69, 9.17) is 10.6 Å². The molecule has 1 aliphatic rings. The van der Waals surface area contributed by atoms with E-state index in [1.165, 1.54) is 0 Å². The van der Waals surface area contributed by atoms with Crippen molar-refractivity contribution in [2.45, 2.75) is 26.7 Å². The van der Waals surface area contributed by atoms with Gasteiger partial charge in [0.1, 0.15) is 0 Å². The highest BCUT2D eigenvalue weighted by atomic mass is 35.5. The van der Waals surface area contributed by atoms with E-state index >= 15 is 0 Å². The summed E-state index contributed by atoms with van der Waals surface area (Å²) in [5.74, 6) is 5.43. The molecule has 0 unspecified atom stereocenters. The van der Waals surface area contributed by atoms with Crippen molar-refractivity contribution in [3.63, 3.8) is 0 Å². The molecule has 3 N–H and O–H groups in total. The number of halogens is 1. The van der Waals surface area contributed by atoms with E-state index in [0.717, 1.165) is 26.1 Å². The number of carbonyl (C=O) groups excluding carboxylic acids is 1. The summed E-state index contributed by atoms with van der Waals surface area (Å²) >= 11 is 0. The Morgan fingerprint density at radius 3 is 2.36 bits per heavy atom. The number of hydrogen-bond donors (Lipinski definition) is 2. The largest absolute Gasteiger partial charge is 0.381 e. The molecule has 1 saturated heterocycles. The van der Waals surface area contributed by atoms with Gasteiger partial charge >= 0.3 is 0 Å². The average molecular weight is 223 g/mol. The molecule has 1 aliphatic heterocycles. The van der Waals surface area contributed by atoms with Gasteiger partial charge < -0.3 is 4.74 Å². The van der Waals surface area contributed by atoms with Crippen LogP contribution >= 0.6 is 12.4 Å². The van der Waals surface area contributed by atoms with Crippen molar-refractivity contribution in [2.24, 2.45) is 17.2 Å². The maximum atomic E-state index is 11.5. The molecule has 5 heteroatoms. The number of rotatable bonds is 2. The minimum atomic E-state index is -0.376. The molecular formula is C9H19ClN2O2. The smallest absolute Gasteiger partial charge is 0.239 e. The first-order valence-corrected chi connectivity index (χ1v) is 4.68. The average Bonchev–Trinajstić information content (AvgIpc) is 2.18. The van der Waals surface area contributed by atoms with E-state index < -0.39 is 0 Å². The van der Waals surface area contributed by atoms with Crippen molar-refractivity contribution < 1.29 is 9.53 Å². The second-order valence-corrected chi connectivity index (χ2v) is 4.08. The third-order valence-electron chi connectivity index (χ3n) is 2.96. The molecule has 0 aromatic carbocycles. The van der Waals surface area contributed by atoms with Crippen molar-refractivity contribution in [2.75, 3.05) is 13.2 Å². The lowest BCUT2D eigenvalue weighted by molar-refractivity contribution is -0.134. The van der Waals surface area contributed by atoms with Gasteiger partial charge in [-0.2, -0.15) is 0 Å².